The number of halogens is 1. The molecular weight excluding hydrogens is 478 g/mol. The summed E-state index contributed by atoms with van der Waals surface area (Å²) >= 11 is 6.24. The number of hydrogen-bond donors (Lipinski definition) is 3. The van der Waals surface area contributed by atoms with Gasteiger partial charge in [0.15, 0.2) is 5.65 Å². The maximum Gasteiger partial charge on any atom is 0.225 e. The molecule has 0 spiro atoms. The summed E-state index contributed by atoms with van der Waals surface area (Å²) in [5.41, 5.74) is 2.35. The Kier molecular flexibility index (Phi) is 7.29. The molecule has 0 atom stereocenters. The maximum absolute atomic E-state index is 11.4. The van der Waals surface area contributed by atoms with Gasteiger partial charge in [-0.05, 0) is 69.6 Å². The number of anilines is 3. The van der Waals surface area contributed by atoms with Crippen LogP contribution in [0.2, 0.25) is 5.02 Å². The van der Waals surface area contributed by atoms with Gasteiger partial charge in [-0.3, -0.25) is 9.36 Å². The van der Waals surface area contributed by atoms with Crippen molar-refractivity contribution in [2.75, 3.05) is 30.4 Å². The Hall–Kier alpha value is -2.91. The van der Waals surface area contributed by atoms with E-state index in [1.165, 1.54) is 0 Å². The molecule has 1 aliphatic heterocycles. The molecule has 9 nitrogen and oxygen atoms in total. The second kappa shape index (κ2) is 10.6. The number of hydrogen-bond acceptors (Lipinski definition) is 7. The van der Waals surface area contributed by atoms with E-state index in [0.29, 0.717) is 16.9 Å². The second-order valence-corrected chi connectivity index (χ2v) is 10.7. The lowest BCUT2D eigenvalue weighted by molar-refractivity contribution is -0.119. The van der Waals surface area contributed by atoms with Gasteiger partial charge in [-0.1, -0.05) is 17.7 Å². The zero-order chi connectivity index (χ0) is 25.1. The van der Waals surface area contributed by atoms with Crippen LogP contribution in [0, 0.1) is 5.92 Å². The van der Waals surface area contributed by atoms with Crippen LogP contribution in [0.4, 0.5) is 17.6 Å². The molecule has 192 valence electrons. The third-order valence-corrected chi connectivity index (χ3v) is 7.58. The van der Waals surface area contributed by atoms with Gasteiger partial charge in [0.25, 0.3) is 0 Å². The molecule has 1 amide bonds. The highest BCUT2D eigenvalue weighted by Crippen LogP contribution is 2.37. The third kappa shape index (κ3) is 5.73. The van der Waals surface area contributed by atoms with E-state index in [0.717, 1.165) is 81.1 Å². The molecule has 1 aromatic carbocycles. The topological polar surface area (TPSA) is 106 Å². The van der Waals surface area contributed by atoms with E-state index in [1.807, 2.05) is 24.3 Å². The molecule has 10 heteroatoms. The van der Waals surface area contributed by atoms with Crippen LogP contribution in [0.1, 0.15) is 58.4 Å². The SMILES string of the molecule is CC(=O)NC[C@H]1CC[C@H](n2c(Nc3cccc(Cl)c3)nc3cnc(NC4(C)CCOCC4)nc32)CC1. The number of benzene rings is 1. The van der Waals surface area contributed by atoms with Crippen LogP contribution in [0.5, 0.6) is 0 Å². The molecule has 0 bridgehead atoms. The fourth-order valence-electron chi connectivity index (χ4n) is 5.19. The van der Waals surface area contributed by atoms with Crippen LogP contribution in [-0.2, 0) is 9.53 Å². The van der Waals surface area contributed by atoms with Crippen molar-refractivity contribution in [1.82, 2.24) is 24.8 Å². The van der Waals surface area contributed by atoms with Gasteiger partial charge >= 0.3 is 0 Å². The molecule has 2 aromatic heterocycles. The first kappa shape index (κ1) is 24.8. The van der Waals surface area contributed by atoms with E-state index in [1.54, 1.807) is 13.1 Å². The van der Waals surface area contributed by atoms with Crippen LogP contribution in [0.15, 0.2) is 30.5 Å². The summed E-state index contributed by atoms with van der Waals surface area (Å²) < 4.78 is 7.77. The summed E-state index contributed by atoms with van der Waals surface area (Å²) in [4.78, 5) is 25.8. The van der Waals surface area contributed by atoms with Gasteiger partial charge < -0.3 is 20.7 Å². The highest BCUT2D eigenvalue weighted by molar-refractivity contribution is 6.30. The highest BCUT2D eigenvalue weighted by Gasteiger charge is 2.30. The summed E-state index contributed by atoms with van der Waals surface area (Å²) in [6, 6.07) is 7.88. The number of nitrogens with one attached hydrogen (secondary N) is 3. The predicted molar refractivity (Wildman–Crippen MR) is 142 cm³/mol. The lowest BCUT2D eigenvalue weighted by Gasteiger charge is -2.34. The van der Waals surface area contributed by atoms with E-state index in [2.05, 4.69) is 32.4 Å². The first-order valence-corrected chi connectivity index (χ1v) is 13.1. The van der Waals surface area contributed by atoms with Gasteiger partial charge in [-0.2, -0.15) is 4.98 Å². The standard InChI is InChI=1S/C26H34ClN7O2/c1-17(35)28-15-18-6-8-21(9-7-18)34-23-22(31-25(34)30-20-5-3-4-19(27)14-20)16-29-24(32-23)33-26(2)10-12-36-13-11-26/h3-5,14,16,18,21H,6-13,15H2,1-2H3,(H,28,35)(H,30,31)(H,29,32,33)/t18-,21-. The Balaban J connectivity index is 1.45. The zero-order valence-electron chi connectivity index (χ0n) is 20.9. The van der Waals surface area contributed by atoms with Crippen LogP contribution in [0.3, 0.4) is 0 Å². The summed E-state index contributed by atoms with van der Waals surface area (Å²) in [5, 5.41) is 10.7. The van der Waals surface area contributed by atoms with Crippen molar-refractivity contribution in [2.45, 2.75) is 64.0 Å². The van der Waals surface area contributed by atoms with Crippen LogP contribution < -0.4 is 16.0 Å². The molecule has 3 N–H and O–H groups in total. The van der Waals surface area contributed by atoms with Gasteiger partial charge in [0.05, 0.1) is 6.20 Å². The van der Waals surface area contributed by atoms with Gasteiger partial charge in [0.1, 0.15) is 5.52 Å². The van der Waals surface area contributed by atoms with E-state index < -0.39 is 0 Å². The second-order valence-electron chi connectivity index (χ2n) is 10.3. The number of amides is 1. The lowest BCUT2D eigenvalue weighted by atomic mass is 9.86. The molecule has 5 rings (SSSR count). The molecule has 2 aliphatic rings. The number of fused-ring (bicyclic) bond motifs is 1. The van der Waals surface area contributed by atoms with E-state index in [9.17, 15) is 4.79 Å². The first-order valence-electron chi connectivity index (χ1n) is 12.8. The number of nitrogens with zero attached hydrogens (tertiary/aromatic N) is 4. The minimum atomic E-state index is -0.0968. The largest absolute Gasteiger partial charge is 0.381 e. The van der Waals surface area contributed by atoms with Crippen molar-refractivity contribution >= 4 is 46.3 Å². The van der Waals surface area contributed by atoms with Gasteiger partial charge in [-0.15, -0.1) is 0 Å². The summed E-state index contributed by atoms with van der Waals surface area (Å²) in [6.45, 7) is 5.98. The fourth-order valence-corrected chi connectivity index (χ4v) is 5.38. The molecule has 36 heavy (non-hydrogen) atoms. The molecule has 1 saturated carbocycles. The molecule has 2 fully saturated rings. The number of ether oxygens (including phenoxy) is 1. The monoisotopic (exact) mass is 511 g/mol. The summed E-state index contributed by atoms with van der Waals surface area (Å²) in [6.07, 6.45) is 7.67. The number of carbonyl (C=O) groups is 1. The van der Waals surface area contributed by atoms with Crippen LogP contribution >= 0.6 is 11.6 Å². The average molecular weight is 512 g/mol. The molecule has 1 saturated heterocycles. The number of rotatable bonds is 7. The lowest BCUT2D eigenvalue weighted by Crippen LogP contribution is -2.41. The Bertz CT molecular complexity index is 1220. The average Bonchev–Trinajstić information content (AvgIpc) is 3.20. The molecule has 1 aliphatic carbocycles. The quantitative estimate of drug-likeness (QED) is 0.406. The van der Waals surface area contributed by atoms with E-state index in [-0.39, 0.29) is 17.5 Å². The fraction of sp³-hybridized carbons (Fsp3) is 0.538. The van der Waals surface area contributed by atoms with Gasteiger partial charge in [0.2, 0.25) is 17.8 Å². The van der Waals surface area contributed by atoms with Crippen molar-refractivity contribution in [2.24, 2.45) is 5.92 Å². The Labute approximate surface area is 216 Å². The zero-order valence-corrected chi connectivity index (χ0v) is 21.6. The van der Waals surface area contributed by atoms with Crippen molar-refractivity contribution in [3.05, 3.63) is 35.5 Å². The van der Waals surface area contributed by atoms with Crippen LogP contribution in [0.25, 0.3) is 11.2 Å². The highest BCUT2D eigenvalue weighted by atomic mass is 35.5. The normalized spacial score (nSPS) is 21.8. The number of carbonyl (C=O) groups excluding carboxylic acids is 1. The van der Waals surface area contributed by atoms with Gasteiger partial charge in [-0.25, -0.2) is 9.97 Å². The molecule has 3 heterocycles. The van der Waals surface area contributed by atoms with Gasteiger partial charge in [0, 0.05) is 49.0 Å². The Morgan fingerprint density at radius 1 is 1.19 bits per heavy atom. The van der Waals surface area contributed by atoms with Crippen molar-refractivity contribution in [3.8, 4) is 0 Å². The molecule has 0 unspecified atom stereocenters. The van der Waals surface area contributed by atoms with E-state index >= 15 is 0 Å². The maximum atomic E-state index is 11.4. The van der Waals surface area contributed by atoms with Crippen LogP contribution in [-0.4, -0.2) is 50.7 Å². The minimum Gasteiger partial charge on any atom is -0.381 e. The smallest absolute Gasteiger partial charge is 0.225 e. The predicted octanol–water partition coefficient (Wildman–Crippen LogP) is 5.07. The Morgan fingerprint density at radius 2 is 1.97 bits per heavy atom. The summed E-state index contributed by atoms with van der Waals surface area (Å²) in [7, 11) is 0. The molecular formula is C26H34ClN7O2. The van der Waals surface area contributed by atoms with E-state index in [4.69, 9.17) is 26.3 Å². The minimum absolute atomic E-state index is 0.0284. The van der Waals surface area contributed by atoms with Crippen molar-refractivity contribution < 1.29 is 9.53 Å². The first-order chi connectivity index (χ1) is 17.4. The third-order valence-electron chi connectivity index (χ3n) is 7.34. The number of imidazole rings is 1. The Morgan fingerprint density at radius 3 is 2.69 bits per heavy atom. The number of aromatic nitrogens is 4. The molecule has 0 radical (unpaired) electrons. The summed E-state index contributed by atoms with van der Waals surface area (Å²) in [5.74, 6) is 1.87. The molecule has 3 aromatic rings. The van der Waals surface area contributed by atoms with Crippen molar-refractivity contribution in [1.29, 1.82) is 0 Å². The van der Waals surface area contributed by atoms with Crippen molar-refractivity contribution in [3.63, 3.8) is 0 Å².